The largest absolute Gasteiger partial charge is 0.394 e. The van der Waals surface area contributed by atoms with Gasteiger partial charge in [-0.3, -0.25) is 48.6 Å². The number of guanidine groups is 1. The number of nitrogens with one attached hydrogen (secondary N) is 11. The summed E-state index contributed by atoms with van der Waals surface area (Å²) >= 11 is 0. The number of aliphatic hydroxyl groups excluding tert-OH is 4. The Kier molecular flexibility index (Phi) is 25.3. The number of amides is 9. The van der Waals surface area contributed by atoms with Gasteiger partial charge in [0.25, 0.3) is 0 Å². The minimum Gasteiger partial charge on any atom is -0.394 e. The first-order chi connectivity index (χ1) is 33.3. The molecule has 11 atom stereocenters. The minimum atomic E-state index is -1.77. The molecule has 2 rings (SSSR count). The number of hydrogen-bond donors (Lipinski definition) is 17. The second-order valence-corrected chi connectivity index (χ2v) is 18.6. The van der Waals surface area contributed by atoms with Gasteiger partial charge in [0.2, 0.25) is 53.2 Å². The topological polar surface area (TPSA) is 431 Å². The van der Waals surface area contributed by atoms with Crippen LogP contribution in [0, 0.1) is 23.2 Å². The highest BCUT2D eigenvalue weighted by atomic mass is 16.3. The molecule has 1 aromatic carbocycles. The summed E-state index contributed by atoms with van der Waals surface area (Å²) in [7, 11) is 0. The second kappa shape index (κ2) is 29.6. The van der Waals surface area contributed by atoms with Crippen molar-refractivity contribution < 1.29 is 63.6 Å². The number of benzene rings is 1. The zero-order valence-corrected chi connectivity index (χ0v) is 41.2. The highest BCUT2D eigenvalue weighted by Gasteiger charge is 2.39. The van der Waals surface area contributed by atoms with Gasteiger partial charge in [-0.1, -0.05) is 71.9 Å². The molecule has 1 aliphatic rings. The minimum absolute atomic E-state index is 0.0167. The fourth-order valence-electron chi connectivity index (χ4n) is 7.24. The first-order valence-corrected chi connectivity index (χ1v) is 23.5. The maximum atomic E-state index is 14.2. The van der Waals surface area contributed by atoms with Crippen LogP contribution in [-0.2, 0) is 43.2 Å². The van der Waals surface area contributed by atoms with Crippen molar-refractivity contribution in [2.24, 2.45) is 29.2 Å². The molecule has 1 unspecified atom stereocenters. The van der Waals surface area contributed by atoms with Gasteiger partial charge >= 0.3 is 0 Å². The van der Waals surface area contributed by atoms with Crippen molar-refractivity contribution in [2.75, 3.05) is 26.3 Å². The molecular weight excluding hydrogens is 931 g/mol. The van der Waals surface area contributed by atoms with Crippen LogP contribution in [0.1, 0.15) is 85.8 Å². The standard InChI is InChI=1S/C45H75N13O13/c1-21(2)16-27-38(65)52-26(14-11-15-49-45(47)48)37(64)53-28(17-22(3)4)39(66)56-33(24(7)61)43(70)50-18-31(62)51-29(19-59)40(67)55-30(20-60)41(68)57-34(25-12-9-8-10-13-25)32(46)42(69)58-35(44(71)54-27)36(63)23(5)6/h8-10,12-13,21-24,26-30,32-36,59-61,63H,11,14-20,46H2,1-7H3,(H,50,70)(H,51,62)(H,52,65)(H,53,64)(H,54,71)(H,55,67)(H,56,66)(H,57,68)(H,58,69)(H4,47,48,49)/t24-,26+,27-,28-,29-,30?,32-,33-,34+,35-,36+/m0/s1. The quantitative estimate of drug-likeness (QED) is 0.0469. The van der Waals surface area contributed by atoms with E-state index in [0.717, 1.165) is 0 Å². The molecule has 1 aliphatic heterocycles. The molecule has 0 spiro atoms. The summed E-state index contributed by atoms with van der Waals surface area (Å²) in [6.07, 6.45) is -3.17. The van der Waals surface area contributed by atoms with E-state index in [4.69, 9.17) is 16.9 Å². The van der Waals surface area contributed by atoms with Crippen LogP contribution in [0.3, 0.4) is 0 Å². The molecule has 9 amide bonds. The first-order valence-electron chi connectivity index (χ1n) is 23.5. The Balaban J connectivity index is 2.78. The molecule has 0 aliphatic carbocycles. The van der Waals surface area contributed by atoms with E-state index >= 15 is 0 Å². The second-order valence-electron chi connectivity index (χ2n) is 18.6. The summed E-state index contributed by atoms with van der Waals surface area (Å²) in [4.78, 5) is 124. The third kappa shape index (κ3) is 20.0. The molecule has 71 heavy (non-hydrogen) atoms. The Morgan fingerprint density at radius 1 is 0.620 bits per heavy atom. The number of carbonyl (C=O) groups excluding carboxylic acids is 9. The summed E-state index contributed by atoms with van der Waals surface area (Å²) in [5, 5.41) is 74.0. The zero-order chi connectivity index (χ0) is 53.7. The lowest BCUT2D eigenvalue weighted by molar-refractivity contribution is -0.138. The SMILES string of the molecule is CC(C)C[C@@H]1NC(=O)[C@H]([C@H](O)C(C)C)NC(=O)[C@@H](N)[C@@H](c2ccccc2)NC(=O)C(CO)NC(=O)[C@H](CO)NC(=O)CNC(=O)[C@H]([C@H](C)O)NC(=O)[C@H](CC(C)C)NC(=O)[C@@H](CCCNC(=N)N)NC1=O. The lowest BCUT2D eigenvalue weighted by atomic mass is 9.95. The van der Waals surface area contributed by atoms with Crippen LogP contribution in [0.2, 0.25) is 0 Å². The number of rotatable bonds is 14. The molecular formula is C45H75N13O13. The molecule has 0 bridgehead atoms. The predicted octanol–water partition coefficient (Wildman–Crippen LogP) is -5.57. The van der Waals surface area contributed by atoms with E-state index in [1.807, 2.05) is 0 Å². The number of carbonyl (C=O) groups is 9. The molecule has 1 aromatic rings. The molecule has 0 radical (unpaired) electrons. The van der Waals surface area contributed by atoms with Gasteiger partial charge < -0.3 is 85.1 Å². The van der Waals surface area contributed by atoms with Crippen molar-refractivity contribution in [3.05, 3.63) is 35.9 Å². The lowest BCUT2D eigenvalue weighted by Gasteiger charge is -2.32. The summed E-state index contributed by atoms with van der Waals surface area (Å²) in [6, 6.07) is -6.60. The Morgan fingerprint density at radius 3 is 1.61 bits per heavy atom. The average molecular weight is 1010 g/mol. The summed E-state index contributed by atoms with van der Waals surface area (Å²) in [5.41, 5.74) is 12.2. The van der Waals surface area contributed by atoms with Crippen molar-refractivity contribution in [3.8, 4) is 0 Å². The molecule has 1 heterocycles. The first kappa shape index (κ1) is 60.6. The molecule has 1 saturated heterocycles. The van der Waals surface area contributed by atoms with E-state index in [9.17, 15) is 63.6 Å². The van der Waals surface area contributed by atoms with Gasteiger partial charge in [-0.05, 0) is 55.9 Å². The molecule has 0 saturated carbocycles. The maximum Gasteiger partial charge on any atom is 0.245 e. The van der Waals surface area contributed by atoms with E-state index in [-0.39, 0.29) is 55.6 Å². The van der Waals surface area contributed by atoms with Gasteiger partial charge in [-0.15, -0.1) is 0 Å². The average Bonchev–Trinajstić information content (AvgIpc) is 3.30. The van der Waals surface area contributed by atoms with Crippen LogP contribution in [0.5, 0.6) is 0 Å². The Hall–Kier alpha value is -6.48. The van der Waals surface area contributed by atoms with Crippen LogP contribution in [-0.4, -0.2) is 166 Å². The third-order valence-electron chi connectivity index (χ3n) is 11.2. The van der Waals surface area contributed by atoms with E-state index < -0.39 is 145 Å². The van der Waals surface area contributed by atoms with Crippen LogP contribution in [0.4, 0.5) is 0 Å². The van der Waals surface area contributed by atoms with E-state index in [1.54, 1.807) is 59.7 Å². The summed E-state index contributed by atoms with van der Waals surface area (Å²) in [6.45, 7) is 8.41. The molecule has 19 N–H and O–H groups in total. The van der Waals surface area contributed by atoms with Crippen molar-refractivity contribution >= 4 is 59.1 Å². The predicted molar refractivity (Wildman–Crippen MR) is 257 cm³/mol. The Morgan fingerprint density at radius 2 is 1.08 bits per heavy atom. The van der Waals surface area contributed by atoms with Crippen molar-refractivity contribution in [1.29, 1.82) is 5.41 Å². The van der Waals surface area contributed by atoms with Crippen molar-refractivity contribution in [2.45, 2.75) is 141 Å². The van der Waals surface area contributed by atoms with Gasteiger partial charge in [0, 0.05) is 6.54 Å². The van der Waals surface area contributed by atoms with Crippen LogP contribution in [0.25, 0.3) is 0 Å². The van der Waals surface area contributed by atoms with E-state index in [1.165, 1.54) is 19.1 Å². The number of hydrogen-bond acceptors (Lipinski definition) is 15. The van der Waals surface area contributed by atoms with Crippen LogP contribution >= 0.6 is 0 Å². The highest BCUT2D eigenvalue weighted by molar-refractivity contribution is 5.98. The Labute approximate surface area is 412 Å². The zero-order valence-electron chi connectivity index (χ0n) is 41.2. The molecule has 1 fully saturated rings. The van der Waals surface area contributed by atoms with Gasteiger partial charge in [-0.2, -0.15) is 0 Å². The normalized spacial score (nSPS) is 26.5. The van der Waals surface area contributed by atoms with Gasteiger partial charge in [0.05, 0.1) is 38.0 Å². The van der Waals surface area contributed by atoms with Gasteiger partial charge in [0.1, 0.15) is 48.3 Å². The lowest BCUT2D eigenvalue weighted by Crippen LogP contribution is -2.63. The molecule has 26 nitrogen and oxygen atoms in total. The van der Waals surface area contributed by atoms with Gasteiger partial charge in [-0.25, -0.2) is 0 Å². The Bertz CT molecular complexity index is 1990. The highest BCUT2D eigenvalue weighted by Crippen LogP contribution is 2.18. The molecule has 0 aromatic heterocycles. The van der Waals surface area contributed by atoms with E-state index in [2.05, 4.69) is 53.2 Å². The van der Waals surface area contributed by atoms with Crippen molar-refractivity contribution in [3.63, 3.8) is 0 Å². The van der Waals surface area contributed by atoms with Crippen LogP contribution in [0.15, 0.2) is 30.3 Å². The summed E-state index contributed by atoms with van der Waals surface area (Å²) < 4.78 is 0. The summed E-state index contributed by atoms with van der Waals surface area (Å²) in [5.74, 6) is -10.8. The fourth-order valence-corrected chi connectivity index (χ4v) is 7.24. The molecule has 26 heteroatoms. The number of aliphatic hydroxyl groups is 4. The monoisotopic (exact) mass is 1010 g/mol. The smallest absolute Gasteiger partial charge is 0.245 e. The van der Waals surface area contributed by atoms with E-state index in [0.29, 0.717) is 0 Å². The fraction of sp³-hybridized carbons (Fsp3) is 0.644. The van der Waals surface area contributed by atoms with Crippen molar-refractivity contribution in [1.82, 2.24) is 53.2 Å². The van der Waals surface area contributed by atoms with Gasteiger partial charge in [0.15, 0.2) is 5.96 Å². The molecule has 398 valence electrons. The van der Waals surface area contributed by atoms with Crippen LogP contribution < -0.4 is 64.6 Å². The third-order valence-corrected chi connectivity index (χ3v) is 11.2. The maximum absolute atomic E-state index is 14.2. The number of nitrogens with two attached hydrogens (primary N) is 2.